The fraction of sp³-hybridized carbons (Fsp3) is 0.353. The number of halogens is 1. The maximum atomic E-state index is 13.0. The van der Waals surface area contributed by atoms with Gasteiger partial charge in [-0.3, -0.25) is 4.79 Å². The molecule has 3 rings (SSSR count). The Morgan fingerprint density at radius 3 is 2.32 bits per heavy atom. The lowest BCUT2D eigenvalue weighted by Crippen LogP contribution is -2.40. The van der Waals surface area contributed by atoms with Crippen molar-refractivity contribution in [2.24, 2.45) is 0 Å². The number of aromatic nitrogens is 2. The molecule has 1 fully saturated rings. The van der Waals surface area contributed by atoms with Crippen molar-refractivity contribution in [3.05, 3.63) is 36.4 Å². The number of rotatable bonds is 5. The molecule has 7 nitrogen and oxygen atoms in total. The van der Waals surface area contributed by atoms with Crippen molar-refractivity contribution in [2.75, 3.05) is 37.6 Å². The number of likely N-dealkylation sites (N-methyl/N-ethyl adjacent to an activating group) is 1. The van der Waals surface area contributed by atoms with Gasteiger partial charge in [0, 0.05) is 31.8 Å². The molecule has 0 saturated carbocycles. The summed E-state index contributed by atoms with van der Waals surface area (Å²) in [7, 11) is 4.85. The van der Waals surface area contributed by atoms with Crippen LogP contribution in [0.15, 0.2) is 30.6 Å². The molecule has 1 aromatic carbocycles. The van der Waals surface area contributed by atoms with Gasteiger partial charge in [-0.1, -0.05) is 0 Å². The molecule has 2 aromatic rings. The van der Waals surface area contributed by atoms with Gasteiger partial charge >= 0.3 is 0 Å². The van der Waals surface area contributed by atoms with Crippen LogP contribution in [-0.4, -0.2) is 49.7 Å². The molecule has 0 spiro atoms. The fourth-order valence-corrected chi connectivity index (χ4v) is 2.86. The quantitative estimate of drug-likeness (QED) is 0.823. The van der Waals surface area contributed by atoms with Crippen LogP contribution in [0.4, 0.5) is 16.0 Å². The van der Waals surface area contributed by atoms with Crippen molar-refractivity contribution in [1.29, 1.82) is 0 Å². The second kappa shape index (κ2) is 6.92. The first kappa shape index (κ1) is 16.9. The van der Waals surface area contributed by atoms with E-state index in [0.29, 0.717) is 36.1 Å². The highest BCUT2D eigenvalue weighted by atomic mass is 19.1. The number of benzene rings is 1. The normalized spacial score (nSPS) is 16.9. The molecule has 1 aliphatic heterocycles. The number of hydrogen-bond acceptors (Lipinski definition) is 6. The second-order valence-corrected chi connectivity index (χ2v) is 5.68. The zero-order valence-corrected chi connectivity index (χ0v) is 14.3. The van der Waals surface area contributed by atoms with E-state index in [-0.39, 0.29) is 5.91 Å². The molecule has 8 heteroatoms. The molecule has 2 heterocycles. The lowest BCUT2D eigenvalue weighted by Gasteiger charge is -2.24. The molecule has 1 amide bonds. The van der Waals surface area contributed by atoms with E-state index in [0.717, 1.165) is 12.4 Å². The van der Waals surface area contributed by atoms with Crippen LogP contribution in [0.1, 0.15) is 6.42 Å². The molecule has 25 heavy (non-hydrogen) atoms. The molecule has 1 saturated heterocycles. The summed E-state index contributed by atoms with van der Waals surface area (Å²) >= 11 is 0. The summed E-state index contributed by atoms with van der Waals surface area (Å²) in [6.07, 6.45) is 2.78. The van der Waals surface area contributed by atoms with Crippen LogP contribution in [0.25, 0.3) is 0 Å². The molecular weight excluding hydrogens is 327 g/mol. The third kappa shape index (κ3) is 3.33. The standard InChI is InChI=1S/C17H19FN4O3/c1-21(17-19-9-11(18)10-20-17)15-4-5-22(16(15)23)12-6-13(24-2)8-14(7-12)25-3/h6-10,15H,4-5H2,1-3H3. The minimum absolute atomic E-state index is 0.0780. The summed E-state index contributed by atoms with van der Waals surface area (Å²) in [4.78, 5) is 24.1. The van der Waals surface area contributed by atoms with Gasteiger partial charge in [0.1, 0.15) is 17.5 Å². The minimum Gasteiger partial charge on any atom is -0.497 e. The monoisotopic (exact) mass is 346 g/mol. The van der Waals surface area contributed by atoms with Crippen LogP contribution < -0.4 is 19.3 Å². The molecule has 0 radical (unpaired) electrons. The number of carbonyl (C=O) groups excluding carboxylic acids is 1. The number of hydrogen-bond donors (Lipinski definition) is 0. The predicted molar refractivity (Wildman–Crippen MR) is 90.7 cm³/mol. The Morgan fingerprint density at radius 1 is 1.16 bits per heavy atom. The Kier molecular flexibility index (Phi) is 4.69. The molecule has 1 aliphatic rings. The number of anilines is 2. The Balaban J connectivity index is 1.83. The predicted octanol–water partition coefficient (Wildman–Crippen LogP) is 1.87. The largest absolute Gasteiger partial charge is 0.497 e. The van der Waals surface area contributed by atoms with Gasteiger partial charge in [-0.05, 0) is 6.42 Å². The van der Waals surface area contributed by atoms with E-state index in [2.05, 4.69) is 9.97 Å². The highest BCUT2D eigenvalue weighted by Crippen LogP contribution is 2.32. The minimum atomic E-state index is -0.514. The first-order valence-corrected chi connectivity index (χ1v) is 7.78. The van der Waals surface area contributed by atoms with Gasteiger partial charge in [0.2, 0.25) is 11.9 Å². The van der Waals surface area contributed by atoms with E-state index in [1.54, 1.807) is 49.3 Å². The SMILES string of the molecule is COc1cc(OC)cc(N2CCC(N(C)c3ncc(F)cn3)C2=O)c1. The van der Waals surface area contributed by atoms with E-state index >= 15 is 0 Å². The number of methoxy groups -OCH3 is 2. The van der Waals surface area contributed by atoms with E-state index in [1.807, 2.05) is 0 Å². The van der Waals surface area contributed by atoms with Crippen molar-refractivity contribution in [2.45, 2.75) is 12.5 Å². The van der Waals surface area contributed by atoms with Crippen molar-refractivity contribution in [3.8, 4) is 11.5 Å². The van der Waals surface area contributed by atoms with Crippen molar-refractivity contribution in [1.82, 2.24) is 9.97 Å². The number of nitrogens with zero attached hydrogens (tertiary/aromatic N) is 4. The van der Waals surface area contributed by atoms with Crippen molar-refractivity contribution in [3.63, 3.8) is 0 Å². The molecule has 1 unspecified atom stereocenters. The van der Waals surface area contributed by atoms with Crippen LogP contribution in [0.3, 0.4) is 0 Å². The van der Waals surface area contributed by atoms with Gasteiger partial charge in [-0.25, -0.2) is 14.4 Å². The summed E-state index contributed by atoms with van der Waals surface area (Å²) in [6, 6.07) is 4.91. The molecule has 132 valence electrons. The second-order valence-electron chi connectivity index (χ2n) is 5.68. The molecule has 0 aliphatic carbocycles. The Bertz CT molecular complexity index is 747. The van der Waals surface area contributed by atoms with E-state index in [9.17, 15) is 9.18 Å². The highest BCUT2D eigenvalue weighted by Gasteiger charge is 2.36. The number of carbonyl (C=O) groups is 1. The van der Waals surface area contributed by atoms with Crippen molar-refractivity contribution >= 4 is 17.5 Å². The Hall–Kier alpha value is -2.90. The summed E-state index contributed by atoms with van der Waals surface area (Å²) in [5.74, 6) is 0.942. The Morgan fingerprint density at radius 2 is 1.76 bits per heavy atom. The van der Waals surface area contributed by atoms with E-state index in [1.165, 1.54) is 0 Å². The lowest BCUT2D eigenvalue weighted by atomic mass is 10.2. The first-order chi connectivity index (χ1) is 12.0. The summed E-state index contributed by atoms with van der Waals surface area (Å²) in [5.41, 5.74) is 0.706. The summed E-state index contributed by atoms with van der Waals surface area (Å²) in [6.45, 7) is 0.547. The zero-order valence-electron chi connectivity index (χ0n) is 14.3. The van der Waals surface area contributed by atoms with Crippen molar-refractivity contribution < 1.29 is 18.7 Å². The average molecular weight is 346 g/mol. The fourth-order valence-electron chi connectivity index (χ4n) is 2.86. The van der Waals surface area contributed by atoms with Gasteiger partial charge in [-0.2, -0.15) is 0 Å². The molecule has 0 N–H and O–H groups in total. The van der Waals surface area contributed by atoms with Gasteiger partial charge in [-0.15, -0.1) is 0 Å². The van der Waals surface area contributed by atoms with Crippen LogP contribution in [0.5, 0.6) is 11.5 Å². The molecular formula is C17H19FN4O3. The molecule has 1 atom stereocenters. The van der Waals surface area contributed by atoms with Crippen LogP contribution in [0.2, 0.25) is 0 Å². The summed E-state index contributed by atoms with van der Waals surface area (Å²) < 4.78 is 23.5. The first-order valence-electron chi connectivity index (χ1n) is 7.78. The molecule has 1 aromatic heterocycles. The van der Waals surface area contributed by atoms with Crippen LogP contribution >= 0.6 is 0 Å². The topological polar surface area (TPSA) is 67.8 Å². The van der Waals surface area contributed by atoms with Crippen LogP contribution in [0, 0.1) is 5.82 Å². The molecule has 0 bridgehead atoms. The maximum absolute atomic E-state index is 13.0. The highest BCUT2D eigenvalue weighted by molar-refractivity contribution is 6.01. The zero-order chi connectivity index (χ0) is 18.0. The lowest BCUT2D eigenvalue weighted by molar-refractivity contribution is -0.118. The van der Waals surface area contributed by atoms with Gasteiger partial charge in [0.15, 0.2) is 5.82 Å². The Labute approximate surface area is 145 Å². The third-order valence-corrected chi connectivity index (χ3v) is 4.21. The van der Waals surface area contributed by atoms with Gasteiger partial charge in [0.25, 0.3) is 0 Å². The smallest absolute Gasteiger partial charge is 0.249 e. The number of ether oxygens (including phenoxy) is 2. The van der Waals surface area contributed by atoms with Gasteiger partial charge < -0.3 is 19.3 Å². The third-order valence-electron chi connectivity index (χ3n) is 4.21. The van der Waals surface area contributed by atoms with Gasteiger partial charge in [0.05, 0.1) is 32.3 Å². The van der Waals surface area contributed by atoms with Crippen LogP contribution in [-0.2, 0) is 4.79 Å². The van der Waals surface area contributed by atoms with E-state index < -0.39 is 11.9 Å². The summed E-state index contributed by atoms with van der Waals surface area (Å²) in [5, 5.41) is 0. The number of amides is 1. The maximum Gasteiger partial charge on any atom is 0.249 e. The average Bonchev–Trinajstić information content (AvgIpc) is 3.02. The van der Waals surface area contributed by atoms with E-state index in [4.69, 9.17) is 9.47 Å².